The van der Waals surface area contributed by atoms with Crippen molar-refractivity contribution >= 4 is 0 Å². The van der Waals surface area contributed by atoms with E-state index < -0.39 is 42.3 Å². The third kappa shape index (κ3) is 3.26. The van der Waals surface area contributed by atoms with Crippen LogP contribution < -0.4 is 11.2 Å². The van der Waals surface area contributed by atoms with Gasteiger partial charge in [-0.15, -0.1) is 5.10 Å². The van der Waals surface area contributed by atoms with Crippen molar-refractivity contribution in [3.8, 4) is 0 Å². The first-order valence-electron chi connectivity index (χ1n) is 7.81. The Labute approximate surface area is 140 Å². The number of aromatic amines is 2. The summed E-state index contributed by atoms with van der Waals surface area (Å²) in [5.74, 6) is 0. The number of ether oxygens (including phenoxy) is 1. The topological polar surface area (TPSA) is 166 Å². The molecule has 2 aromatic heterocycles. The monoisotopic (exact) mass is 353 g/mol. The van der Waals surface area contributed by atoms with Gasteiger partial charge in [-0.1, -0.05) is 5.21 Å². The lowest BCUT2D eigenvalue weighted by atomic mass is 9.99. The molecule has 1 saturated heterocycles. The first kappa shape index (κ1) is 17.5. The predicted octanol–water partition coefficient (Wildman–Crippen LogP) is -2.58. The van der Waals surface area contributed by atoms with Gasteiger partial charge < -0.3 is 25.0 Å². The van der Waals surface area contributed by atoms with Crippen molar-refractivity contribution < 1.29 is 20.1 Å². The van der Waals surface area contributed by atoms with Crippen LogP contribution in [0.3, 0.4) is 0 Å². The molecule has 0 amide bonds. The molecule has 0 bridgehead atoms. The van der Waals surface area contributed by atoms with Crippen LogP contribution in [-0.2, 0) is 17.7 Å². The van der Waals surface area contributed by atoms with Crippen LogP contribution in [-0.4, -0.2) is 65.2 Å². The van der Waals surface area contributed by atoms with Crippen LogP contribution >= 0.6 is 0 Å². The molecule has 1 aliphatic rings. The molecule has 1 fully saturated rings. The summed E-state index contributed by atoms with van der Waals surface area (Å²) in [6, 6.07) is 0. The number of hydrogen-bond acceptors (Lipinski definition) is 8. The Morgan fingerprint density at radius 1 is 1.28 bits per heavy atom. The van der Waals surface area contributed by atoms with Crippen molar-refractivity contribution in [3.63, 3.8) is 0 Å². The van der Waals surface area contributed by atoms with Gasteiger partial charge in [0.15, 0.2) is 0 Å². The lowest BCUT2D eigenvalue weighted by Crippen LogP contribution is -2.35. The molecule has 0 saturated carbocycles. The molecule has 4 atom stereocenters. The van der Waals surface area contributed by atoms with Crippen LogP contribution in [0.2, 0.25) is 0 Å². The van der Waals surface area contributed by atoms with E-state index in [4.69, 9.17) is 4.74 Å². The summed E-state index contributed by atoms with van der Waals surface area (Å²) in [6.07, 6.45) is -3.24. The third-order valence-electron chi connectivity index (χ3n) is 4.16. The first-order valence-corrected chi connectivity index (χ1v) is 7.81. The van der Waals surface area contributed by atoms with Gasteiger partial charge in [-0.25, -0.2) is 4.79 Å². The van der Waals surface area contributed by atoms with Crippen molar-refractivity contribution in [2.45, 2.75) is 44.3 Å². The van der Waals surface area contributed by atoms with E-state index in [1.54, 1.807) is 10.9 Å². The molecular formula is C14H19N5O6. The highest BCUT2D eigenvalue weighted by Crippen LogP contribution is 2.33. The van der Waals surface area contributed by atoms with E-state index in [2.05, 4.69) is 20.3 Å². The molecular weight excluding hydrogens is 334 g/mol. The van der Waals surface area contributed by atoms with Crippen LogP contribution in [0.5, 0.6) is 0 Å². The zero-order valence-electron chi connectivity index (χ0n) is 13.4. The number of nitrogens with one attached hydrogen (secondary N) is 2. The Kier molecular flexibility index (Phi) is 4.81. The van der Waals surface area contributed by atoms with Gasteiger partial charge in [0.1, 0.15) is 24.4 Å². The third-order valence-corrected chi connectivity index (χ3v) is 4.16. The minimum Gasteiger partial charge on any atom is -0.394 e. The van der Waals surface area contributed by atoms with E-state index in [-0.39, 0.29) is 17.7 Å². The maximum Gasteiger partial charge on any atom is 0.325 e. The number of H-pyrrole nitrogens is 2. The van der Waals surface area contributed by atoms with Crippen LogP contribution in [0.15, 0.2) is 15.8 Å². The molecule has 3 heterocycles. The molecule has 0 radical (unpaired) electrons. The average Bonchev–Trinajstić information content (AvgIpc) is 3.13. The van der Waals surface area contributed by atoms with Gasteiger partial charge >= 0.3 is 5.69 Å². The Hall–Kier alpha value is -2.34. The van der Waals surface area contributed by atoms with E-state index in [0.29, 0.717) is 12.2 Å². The Bertz CT molecular complexity index is 858. The molecule has 2 unspecified atom stereocenters. The molecule has 2 aromatic rings. The number of hydrogen-bond donors (Lipinski definition) is 5. The van der Waals surface area contributed by atoms with Gasteiger partial charge in [-0.05, 0) is 6.92 Å². The zero-order valence-corrected chi connectivity index (χ0v) is 13.4. The van der Waals surface area contributed by atoms with Crippen molar-refractivity contribution in [2.75, 3.05) is 6.61 Å². The molecule has 1 aliphatic heterocycles. The van der Waals surface area contributed by atoms with Gasteiger partial charge in [-0.2, -0.15) is 0 Å². The lowest BCUT2D eigenvalue weighted by molar-refractivity contribution is -0.0235. The molecule has 0 spiro atoms. The SMILES string of the molecule is CCn1cc(Cc2[nH]c(=O)[nH]c(=O)c2[C@@H]2O[C@H](CO)C(O)C2O)nn1. The fraction of sp³-hybridized carbons (Fsp3) is 0.571. The number of aliphatic hydroxyl groups is 3. The molecule has 11 heteroatoms. The second-order valence-electron chi connectivity index (χ2n) is 5.80. The standard InChI is InChI=1S/C14H19N5O6/c1-2-19-4-6(17-18-19)3-7-9(13(23)16-14(24)15-7)12-11(22)10(21)8(5-20)25-12/h4,8,10-12,20-22H,2-3,5H2,1H3,(H2,15,16,23,24)/t8-,10?,11?,12+/m1/s1. The molecule has 0 aromatic carbocycles. The Morgan fingerprint density at radius 2 is 2.04 bits per heavy atom. The van der Waals surface area contributed by atoms with Crippen LogP contribution in [0.1, 0.15) is 30.0 Å². The summed E-state index contributed by atoms with van der Waals surface area (Å²) in [4.78, 5) is 28.5. The molecule has 5 N–H and O–H groups in total. The number of aryl methyl sites for hydroxylation is 1. The highest BCUT2D eigenvalue weighted by molar-refractivity contribution is 5.26. The second kappa shape index (κ2) is 6.88. The average molecular weight is 353 g/mol. The van der Waals surface area contributed by atoms with Crippen molar-refractivity contribution in [2.24, 2.45) is 0 Å². The molecule has 25 heavy (non-hydrogen) atoms. The fourth-order valence-electron chi connectivity index (χ4n) is 2.88. The van der Waals surface area contributed by atoms with E-state index >= 15 is 0 Å². The summed E-state index contributed by atoms with van der Waals surface area (Å²) in [5, 5.41) is 37.1. The number of rotatable bonds is 5. The maximum absolute atomic E-state index is 12.3. The summed E-state index contributed by atoms with van der Waals surface area (Å²) >= 11 is 0. The molecule has 3 rings (SSSR count). The summed E-state index contributed by atoms with van der Waals surface area (Å²) in [5.41, 5.74) is -0.758. The molecule has 0 aliphatic carbocycles. The number of aromatic nitrogens is 5. The number of nitrogens with zero attached hydrogens (tertiary/aromatic N) is 3. The largest absolute Gasteiger partial charge is 0.394 e. The molecule has 11 nitrogen and oxygen atoms in total. The summed E-state index contributed by atoms with van der Waals surface area (Å²) < 4.78 is 7.00. The summed E-state index contributed by atoms with van der Waals surface area (Å²) in [6.45, 7) is 1.98. The first-order chi connectivity index (χ1) is 11.9. The van der Waals surface area contributed by atoms with Gasteiger partial charge in [0.2, 0.25) is 0 Å². The van der Waals surface area contributed by atoms with Crippen LogP contribution in [0, 0.1) is 0 Å². The quantitative estimate of drug-likeness (QED) is 0.391. The van der Waals surface area contributed by atoms with Crippen LogP contribution in [0.25, 0.3) is 0 Å². The minimum absolute atomic E-state index is 0.0202. The van der Waals surface area contributed by atoms with Gasteiger partial charge in [0.05, 0.1) is 17.9 Å². The normalized spacial score (nSPS) is 26.2. The lowest BCUT2D eigenvalue weighted by Gasteiger charge is -2.16. The Morgan fingerprint density at radius 3 is 2.64 bits per heavy atom. The van der Waals surface area contributed by atoms with Gasteiger partial charge in [0, 0.05) is 24.9 Å². The predicted molar refractivity (Wildman–Crippen MR) is 82.9 cm³/mol. The van der Waals surface area contributed by atoms with Crippen LogP contribution in [0.4, 0.5) is 0 Å². The van der Waals surface area contributed by atoms with E-state index in [1.165, 1.54) is 0 Å². The maximum atomic E-state index is 12.3. The van der Waals surface area contributed by atoms with E-state index in [0.717, 1.165) is 0 Å². The van der Waals surface area contributed by atoms with Crippen molar-refractivity contribution in [1.82, 2.24) is 25.0 Å². The fourth-order valence-corrected chi connectivity index (χ4v) is 2.88. The number of aliphatic hydroxyl groups excluding tert-OH is 3. The van der Waals surface area contributed by atoms with Gasteiger partial charge in [-0.3, -0.25) is 14.5 Å². The van der Waals surface area contributed by atoms with Crippen molar-refractivity contribution in [3.05, 3.63) is 44.0 Å². The van der Waals surface area contributed by atoms with Gasteiger partial charge in [0.25, 0.3) is 5.56 Å². The summed E-state index contributed by atoms with van der Waals surface area (Å²) in [7, 11) is 0. The Balaban J connectivity index is 2.01. The van der Waals surface area contributed by atoms with E-state index in [9.17, 15) is 24.9 Å². The smallest absolute Gasteiger partial charge is 0.325 e. The highest BCUT2D eigenvalue weighted by Gasteiger charge is 2.45. The van der Waals surface area contributed by atoms with E-state index in [1.807, 2.05) is 6.92 Å². The van der Waals surface area contributed by atoms with Crippen molar-refractivity contribution in [1.29, 1.82) is 0 Å². The molecule has 136 valence electrons. The minimum atomic E-state index is -1.42. The zero-order chi connectivity index (χ0) is 18.1. The second-order valence-corrected chi connectivity index (χ2v) is 5.80. The highest BCUT2D eigenvalue weighted by atomic mass is 16.6.